The zero-order valence-corrected chi connectivity index (χ0v) is 12.6. The van der Waals surface area contributed by atoms with Crippen LogP contribution >= 0.6 is 34.5 Å². The molecule has 0 atom stereocenters. The van der Waals surface area contributed by atoms with Crippen molar-refractivity contribution in [3.63, 3.8) is 0 Å². The first-order valence-corrected chi connectivity index (χ1v) is 7.50. The average molecular weight is 321 g/mol. The van der Waals surface area contributed by atoms with Gasteiger partial charge >= 0.3 is 0 Å². The van der Waals surface area contributed by atoms with Crippen LogP contribution in [0.3, 0.4) is 0 Å². The van der Waals surface area contributed by atoms with Gasteiger partial charge in [0, 0.05) is 11.1 Å². The summed E-state index contributed by atoms with van der Waals surface area (Å²) in [6.07, 6.45) is 0. The van der Waals surface area contributed by atoms with Crippen molar-refractivity contribution in [2.45, 2.75) is 0 Å². The number of anilines is 1. The Labute approximate surface area is 130 Å². The van der Waals surface area contributed by atoms with Crippen molar-refractivity contribution in [1.82, 2.24) is 4.98 Å². The molecule has 2 N–H and O–H groups in total. The van der Waals surface area contributed by atoms with Crippen LogP contribution in [0.4, 0.5) is 5.00 Å². The Balaban J connectivity index is 2.15. The van der Waals surface area contributed by atoms with Crippen LogP contribution in [0.5, 0.6) is 0 Å². The summed E-state index contributed by atoms with van der Waals surface area (Å²) < 4.78 is 0. The standard InChI is InChI=1S/C15H10Cl2N2S/c16-10-7-4-8-11(17)12(10)13-14(18)20-15(19-13)9-5-2-1-3-6-9/h1-8H,18H2. The molecule has 0 amide bonds. The quantitative estimate of drug-likeness (QED) is 0.689. The zero-order chi connectivity index (χ0) is 14.1. The lowest BCUT2D eigenvalue weighted by Gasteiger charge is -2.04. The fourth-order valence-electron chi connectivity index (χ4n) is 1.94. The summed E-state index contributed by atoms with van der Waals surface area (Å²) in [5.74, 6) is 0. The SMILES string of the molecule is Nc1sc(-c2ccccc2)nc1-c1c(Cl)cccc1Cl. The lowest BCUT2D eigenvalue weighted by molar-refractivity contribution is 1.40. The Kier molecular flexibility index (Phi) is 3.66. The minimum absolute atomic E-state index is 0.550. The van der Waals surface area contributed by atoms with E-state index in [4.69, 9.17) is 28.9 Å². The second-order valence-electron chi connectivity index (χ2n) is 4.19. The number of nitrogen functional groups attached to an aromatic ring is 1. The van der Waals surface area contributed by atoms with E-state index in [1.54, 1.807) is 18.2 Å². The number of aromatic nitrogens is 1. The van der Waals surface area contributed by atoms with Crippen LogP contribution in [0.15, 0.2) is 48.5 Å². The van der Waals surface area contributed by atoms with E-state index in [0.717, 1.165) is 10.6 Å². The van der Waals surface area contributed by atoms with Crippen LogP contribution in [0.2, 0.25) is 10.0 Å². The van der Waals surface area contributed by atoms with E-state index in [9.17, 15) is 0 Å². The molecule has 0 fully saturated rings. The van der Waals surface area contributed by atoms with E-state index < -0.39 is 0 Å². The highest BCUT2D eigenvalue weighted by molar-refractivity contribution is 7.19. The van der Waals surface area contributed by atoms with Crippen molar-refractivity contribution < 1.29 is 0 Å². The molecular formula is C15H10Cl2N2S. The normalized spacial score (nSPS) is 10.7. The maximum atomic E-state index is 6.22. The van der Waals surface area contributed by atoms with Gasteiger partial charge in [-0.05, 0) is 12.1 Å². The van der Waals surface area contributed by atoms with Crippen LogP contribution < -0.4 is 5.73 Å². The van der Waals surface area contributed by atoms with Gasteiger partial charge in [0.25, 0.3) is 0 Å². The fraction of sp³-hybridized carbons (Fsp3) is 0. The number of nitrogens with zero attached hydrogens (tertiary/aromatic N) is 1. The molecule has 2 aromatic carbocycles. The third-order valence-electron chi connectivity index (χ3n) is 2.87. The van der Waals surface area contributed by atoms with Gasteiger partial charge in [-0.3, -0.25) is 0 Å². The number of nitrogens with two attached hydrogens (primary N) is 1. The topological polar surface area (TPSA) is 38.9 Å². The van der Waals surface area contributed by atoms with E-state index in [0.29, 0.717) is 26.3 Å². The smallest absolute Gasteiger partial charge is 0.126 e. The van der Waals surface area contributed by atoms with Crippen molar-refractivity contribution in [3.05, 3.63) is 58.6 Å². The van der Waals surface area contributed by atoms with Crippen molar-refractivity contribution in [1.29, 1.82) is 0 Å². The molecule has 0 saturated carbocycles. The minimum atomic E-state index is 0.550. The Morgan fingerprint density at radius 2 is 1.55 bits per heavy atom. The second kappa shape index (κ2) is 5.44. The second-order valence-corrected chi connectivity index (χ2v) is 6.04. The number of halogens is 2. The predicted octanol–water partition coefficient (Wildman–Crippen LogP) is 5.37. The fourth-order valence-corrected chi connectivity index (χ4v) is 3.36. The molecule has 0 unspecified atom stereocenters. The molecule has 100 valence electrons. The van der Waals surface area contributed by atoms with E-state index in [1.807, 2.05) is 30.3 Å². The molecule has 0 aliphatic carbocycles. The molecular weight excluding hydrogens is 311 g/mol. The van der Waals surface area contributed by atoms with Gasteiger partial charge in [0.2, 0.25) is 0 Å². The van der Waals surface area contributed by atoms with Crippen LogP contribution in [-0.2, 0) is 0 Å². The molecule has 0 radical (unpaired) electrons. The van der Waals surface area contributed by atoms with E-state index in [2.05, 4.69) is 4.98 Å². The summed E-state index contributed by atoms with van der Waals surface area (Å²) >= 11 is 13.9. The van der Waals surface area contributed by atoms with Gasteiger partial charge in [-0.2, -0.15) is 0 Å². The van der Waals surface area contributed by atoms with Crippen molar-refractivity contribution in [2.24, 2.45) is 0 Å². The molecule has 1 heterocycles. The third-order valence-corrected chi connectivity index (χ3v) is 4.44. The van der Waals surface area contributed by atoms with Gasteiger partial charge in [-0.15, -0.1) is 0 Å². The van der Waals surface area contributed by atoms with Crippen LogP contribution in [0, 0.1) is 0 Å². The molecule has 0 spiro atoms. The number of benzene rings is 2. The Bertz CT molecular complexity index is 734. The van der Waals surface area contributed by atoms with Gasteiger partial charge in [0.15, 0.2) is 0 Å². The molecule has 0 saturated heterocycles. The number of hydrogen-bond donors (Lipinski definition) is 1. The number of thiazole rings is 1. The average Bonchev–Trinajstić information content (AvgIpc) is 2.82. The Morgan fingerprint density at radius 3 is 2.20 bits per heavy atom. The van der Waals surface area contributed by atoms with Gasteiger partial charge in [-0.25, -0.2) is 4.98 Å². The molecule has 2 nitrogen and oxygen atoms in total. The highest BCUT2D eigenvalue weighted by atomic mass is 35.5. The van der Waals surface area contributed by atoms with Crippen LogP contribution in [0.25, 0.3) is 21.8 Å². The largest absolute Gasteiger partial charge is 0.389 e. The first-order chi connectivity index (χ1) is 9.66. The monoisotopic (exact) mass is 320 g/mol. The highest BCUT2D eigenvalue weighted by Gasteiger charge is 2.17. The first kappa shape index (κ1) is 13.4. The minimum Gasteiger partial charge on any atom is -0.389 e. The van der Waals surface area contributed by atoms with Gasteiger partial charge in [0.1, 0.15) is 15.7 Å². The lowest BCUT2D eigenvalue weighted by atomic mass is 10.1. The maximum absolute atomic E-state index is 6.22. The van der Waals surface area contributed by atoms with Crippen LogP contribution in [-0.4, -0.2) is 4.98 Å². The van der Waals surface area contributed by atoms with Crippen molar-refractivity contribution in [2.75, 3.05) is 5.73 Å². The highest BCUT2D eigenvalue weighted by Crippen LogP contribution is 2.41. The van der Waals surface area contributed by atoms with Gasteiger partial charge in [-0.1, -0.05) is 70.9 Å². The van der Waals surface area contributed by atoms with Crippen molar-refractivity contribution in [3.8, 4) is 21.8 Å². The maximum Gasteiger partial charge on any atom is 0.126 e. The van der Waals surface area contributed by atoms with Crippen LogP contribution in [0.1, 0.15) is 0 Å². The summed E-state index contributed by atoms with van der Waals surface area (Å²) in [6.45, 7) is 0. The van der Waals surface area contributed by atoms with E-state index in [-0.39, 0.29) is 0 Å². The molecule has 5 heteroatoms. The lowest BCUT2D eigenvalue weighted by Crippen LogP contribution is -1.88. The molecule has 0 aliphatic heterocycles. The molecule has 3 aromatic rings. The Hall–Kier alpha value is -1.55. The van der Waals surface area contributed by atoms with Gasteiger partial charge in [0.05, 0.1) is 10.0 Å². The number of rotatable bonds is 2. The zero-order valence-electron chi connectivity index (χ0n) is 10.3. The first-order valence-electron chi connectivity index (χ1n) is 5.93. The summed E-state index contributed by atoms with van der Waals surface area (Å²) in [6, 6.07) is 15.3. The third kappa shape index (κ3) is 2.40. The summed E-state index contributed by atoms with van der Waals surface area (Å²) in [4.78, 5) is 4.60. The molecule has 20 heavy (non-hydrogen) atoms. The van der Waals surface area contributed by atoms with E-state index in [1.165, 1.54) is 11.3 Å². The predicted molar refractivity (Wildman–Crippen MR) is 87.4 cm³/mol. The number of hydrogen-bond acceptors (Lipinski definition) is 3. The summed E-state index contributed by atoms with van der Waals surface area (Å²) in [7, 11) is 0. The molecule has 0 aliphatic rings. The molecule has 1 aromatic heterocycles. The Morgan fingerprint density at radius 1 is 0.900 bits per heavy atom. The summed E-state index contributed by atoms with van der Waals surface area (Å²) in [5.41, 5.74) is 8.44. The van der Waals surface area contributed by atoms with Crippen molar-refractivity contribution >= 4 is 39.5 Å². The molecule has 0 bridgehead atoms. The van der Waals surface area contributed by atoms with Gasteiger partial charge < -0.3 is 5.73 Å². The molecule has 3 rings (SSSR count). The summed E-state index contributed by atoms with van der Waals surface area (Å²) in [5, 5.41) is 2.57. The van der Waals surface area contributed by atoms with E-state index >= 15 is 0 Å².